The molecule has 0 radical (unpaired) electrons. The number of carbonyl (C=O) groups excluding carboxylic acids is 1. The molecule has 1 unspecified atom stereocenters. The van der Waals surface area contributed by atoms with Gasteiger partial charge in [0.1, 0.15) is 11.5 Å². The molecule has 0 bridgehead atoms. The van der Waals surface area contributed by atoms with Crippen molar-refractivity contribution in [1.82, 2.24) is 10.3 Å². The molecule has 0 spiro atoms. The van der Waals surface area contributed by atoms with Crippen LogP contribution < -0.4 is 16.8 Å². The number of fused-ring (bicyclic) bond motifs is 1. The van der Waals surface area contributed by atoms with Gasteiger partial charge in [-0.1, -0.05) is 24.3 Å². The summed E-state index contributed by atoms with van der Waals surface area (Å²) in [6.07, 6.45) is 1.61. The first-order valence-corrected chi connectivity index (χ1v) is 8.70. The van der Waals surface area contributed by atoms with E-state index in [0.717, 1.165) is 34.9 Å². The molecule has 2 aromatic carbocycles. The van der Waals surface area contributed by atoms with Crippen molar-refractivity contribution in [2.45, 2.75) is 18.9 Å². The Morgan fingerprint density at radius 1 is 1.14 bits per heavy atom. The van der Waals surface area contributed by atoms with Gasteiger partial charge in [0.25, 0.3) is 5.91 Å². The van der Waals surface area contributed by atoms with Crippen LogP contribution in [0.1, 0.15) is 23.3 Å². The fourth-order valence-corrected chi connectivity index (χ4v) is 2.96. The van der Waals surface area contributed by atoms with Crippen LogP contribution in [0.3, 0.4) is 0 Å². The Balaban J connectivity index is 0.00000196. The van der Waals surface area contributed by atoms with Gasteiger partial charge < -0.3 is 21.8 Å². The van der Waals surface area contributed by atoms with Crippen molar-refractivity contribution in [3.8, 4) is 11.1 Å². The Labute approximate surface area is 175 Å². The Kier molecular flexibility index (Phi) is 9.41. The molecule has 8 heteroatoms. The van der Waals surface area contributed by atoms with Gasteiger partial charge in [-0.2, -0.15) is 0 Å². The number of carbonyl (C=O) groups is 1. The maximum Gasteiger partial charge on any atom is 0.267 e. The Hall–Kier alpha value is -2.12. The molecule has 1 aromatic heterocycles. The number of halogens is 3. The summed E-state index contributed by atoms with van der Waals surface area (Å²) in [6, 6.07) is 13.8. The SMILES string of the molecule is Cl.Cl.NCCCC(N)CNC(=O)c1cc2c(-c3ccc(F)cc3)cccc2[nH]1. The first-order valence-electron chi connectivity index (χ1n) is 8.70. The number of benzene rings is 2. The average Bonchev–Trinajstić information content (AvgIpc) is 3.09. The minimum absolute atomic E-state index is 0. The standard InChI is InChI=1S/C20H23FN4O.2ClH/c21-14-8-6-13(7-9-14)16-4-1-5-18-17(16)11-19(25-18)20(26)24-12-15(23)3-2-10-22;;/h1,4-9,11,15,25H,2-3,10,12,22-23H2,(H,24,26);2*1H. The molecule has 3 aromatic rings. The molecule has 0 saturated heterocycles. The molecule has 28 heavy (non-hydrogen) atoms. The number of aromatic amines is 1. The van der Waals surface area contributed by atoms with Crippen molar-refractivity contribution in [1.29, 1.82) is 0 Å². The molecule has 1 heterocycles. The second-order valence-corrected chi connectivity index (χ2v) is 6.36. The number of hydrogen-bond donors (Lipinski definition) is 4. The van der Waals surface area contributed by atoms with E-state index >= 15 is 0 Å². The van der Waals surface area contributed by atoms with E-state index in [4.69, 9.17) is 11.5 Å². The lowest BCUT2D eigenvalue weighted by Crippen LogP contribution is -2.37. The molecular formula is C20H25Cl2FN4O. The number of aromatic nitrogens is 1. The summed E-state index contributed by atoms with van der Waals surface area (Å²) < 4.78 is 13.2. The third-order valence-electron chi connectivity index (χ3n) is 4.37. The van der Waals surface area contributed by atoms with Gasteiger partial charge in [0.15, 0.2) is 0 Å². The Bertz CT molecular complexity index is 899. The van der Waals surface area contributed by atoms with Gasteiger partial charge in [0, 0.05) is 23.5 Å². The number of nitrogens with one attached hydrogen (secondary N) is 2. The Morgan fingerprint density at radius 2 is 1.86 bits per heavy atom. The van der Waals surface area contributed by atoms with E-state index in [1.165, 1.54) is 12.1 Å². The molecule has 0 saturated carbocycles. The normalized spacial score (nSPS) is 11.4. The van der Waals surface area contributed by atoms with E-state index in [1.807, 2.05) is 24.3 Å². The third-order valence-corrected chi connectivity index (χ3v) is 4.37. The molecule has 1 amide bonds. The van der Waals surface area contributed by atoms with E-state index < -0.39 is 0 Å². The summed E-state index contributed by atoms with van der Waals surface area (Å²) in [6.45, 7) is 0.995. The predicted octanol–water partition coefficient (Wildman–Crippen LogP) is 3.61. The van der Waals surface area contributed by atoms with Crippen molar-refractivity contribution >= 4 is 41.6 Å². The van der Waals surface area contributed by atoms with E-state index in [2.05, 4.69) is 10.3 Å². The van der Waals surface area contributed by atoms with Crippen molar-refractivity contribution in [2.75, 3.05) is 13.1 Å². The molecule has 0 aliphatic heterocycles. The molecule has 0 aliphatic rings. The highest BCUT2D eigenvalue weighted by Crippen LogP contribution is 2.29. The van der Waals surface area contributed by atoms with Crippen LogP contribution >= 0.6 is 24.8 Å². The zero-order chi connectivity index (χ0) is 18.5. The van der Waals surface area contributed by atoms with Crippen LogP contribution in [0.25, 0.3) is 22.0 Å². The third kappa shape index (κ3) is 5.69. The molecular weight excluding hydrogens is 402 g/mol. The summed E-state index contributed by atoms with van der Waals surface area (Å²) in [7, 11) is 0. The van der Waals surface area contributed by atoms with Crippen LogP contribution in [0, 0.1) is 5.82 Å². The lowest BCUT2D eigenvalue weighted by atomic mass is 10.0. The molecule has 3 rings (SSSR count). The summed E-state index contributed by atoms with van der Waals surface area (Å²) in [4.78, 5) is 15.5. The van der Waals surface area contributed by atoms with Crippen LogP contribution in [-0.2, 0) is 0 Å². The average molecular weight is 427 g/mol. The van der Waals surface area contributed by atoms with E-state index in [9.17, 15) is 9.18 Å². The molecule has 0 aliphatic carbocycles. The van der Waals surface area contributed by atoms with E-state index in [-0.39, 0.29) is 42.6 Å². The minimum atomic E-state index is -0.277. The quantitative estimate of drug-likeness (QED) is 0.464. The zero-order valence-corrected chi connectivity index (χ0v) is 16.9. The molecule has 6 N–H and O–H groups in total. The summed E-state index contributed by atoms with van der Waals surface area (Å²) in [5.74, 6) is -0.476. The number of H-pyrrole nitrogens is 1. The summed E-state index contributed by atoms with van der Waals surface area (Å²) in [5.41, 5.74) is 14.6. The first kappa shape index (κ1) is 23.9. The van der Waals surface area contributed by atoms with E-state index in [0.29, 0.717) is 18.8 Å². The lowest BCUT2D eigenvalue weighted by Gasteiger charge is -2.11. The molecule has 0 fully saturated rings. The highest BCUT2D eigenvalue weighted by atomic mass is 35.5. The predicted molar refractivity (Wildman–Crippen MR) is 117 cm³/mol. The maximum atomic E-state index is 13.2. The number of hydrogen-bond acceptors (Lipinski definition) is 3. The van der Waals surface area contributed by atoms with Gasteiger partial charge in [-0.05, 0) is 54.8 Å². The van der Waals surface area contributed by atoms with Crippen molar-refractivity contribution in [3.63, 3.8) is 0 Å². The largest absolute Gasteiger partial charge is 0.351 e. The molecule has 5 nitrogen and oxygen atoms in total. The van der Waals surface area contributed by atoms with Crippen molar-refractivity contribution < 1.29 is 9.18 Å². The highest BCUT2D eigenvalue weighted by molar-refractivity contribution is 6.02. The second kappa shape index (κ2) is 11.0. The van der Waals surface area contributed by atoms with Gasteiger partial charge in [-0.25, -0.2) is 4.39 Å². The highest BCUT2D eigenvalue weighted by Gasteiger charge is 2.13. The van der Waals surface area contributed by atoms with Gasteiger partial charge in [0.2, 0.25) is 0 Å². The van der Waals surface area contributed by atoms with Gasteiger partial charge in [0.05, 0.1) is 0 Å². The van der Waals surface area contributed by atoms with Crippen LogP contribution in [-0.4, -0.2) is 30.0 Å². The number of nitrogens with two attached hydrogens (primary N) is 2. The van der Waals surface area contributed by atoms with Crippen molar-refractivity contribution in [3.05, 3.63) is 60.0 Å². The summed E-state index contributed by atoms with van der Waals surface area (Å²) >= 11 is 0. The topological polar surface area (TPSA) is 96.9 Å². The maximum absolute atomic E-state index is 13.2. The lowest BCUT2D eigenvalue weighted by molar-refractivity contribution is 0.0946. The molecule has 152 valence electrons. The summed E-state index contributed by atoms with van der Waals surface area (Å²) in [5, 5.41) is 3.76. The van der Waals surface area contributed by atoms with Crippen LogP contribution in [0.15, 0.2) is 48.5 Å². The van der Waals surface area contributed by atoms with E-state index in [1.54, 1.807) is 12.1 Å². The first-order chi connectivity index (χ1) is 12.6. The van der Waals surface area contributed by atoms with Crippen LogP contribution in [0.5, 0.6) is 0 Å². The fourth-order valence-electron chi connectivity index (χ4n) is 2.96. The zero-order valence-electron chi connectivity index (χ0n) is 15.3. The van der Waals surface area contributed by atoms with Gasteiger partial charge >= 0.3 is 0 Å². The Morgan fingerprint density at radius 3 is 2.54 bits per heavy atom. The van der Waals surface area contributed by atoms with Crippen molar-refractivity contribution in [2.24, 2.45) is 11.5 Å². The smallest absolute Gasteiger partial charge is 0.267 e. The second-order valence-electron chi connectivity index (χ2n) is 6.36. The minimum Gasteiger partial charge on any atom is -0.351 e. The monoisotopic (exact) mass is 426 g/mol. The fraction of sp³-hybridized carbons (Fsp3) is 0.250. The van der Waals surface area contributed by atoms with Crippen LogP contribution in [0.4, 0.5) is 4.39 Å². The number of rotatable bonds is 7. The van der Waals surface area contributed by atoms with Gasteiger partial charge in [-0.3, -0.25) is 4.79 Å². The van der Waals surface area contributed by atoms with Crippen LogP contribution in [0.2, 0.25) is 0 Å². The van der Waals surface area contributed by atoms with Gasteiger partial charge in [-0.15, -0.1) is 24.8 Å². The number of amides is 1. The molecule has 1 atom stereocenters.